The number of thioether (sulfide) groups is 1. The van der Waals surface area contributed by atoms with E-state index in [9.17, 15) is 0 Å². The van der Waals surface area contributed by atoms with Crippen molar-refractivity contribution in [1.29, 1.82) is 0 Å². The van der Waals surface area contributed by atoms with Gasteiger partial charge in [0.25, 0.3) is 12.1 Å². The van der Waals surface area contributed by atoms with Gasteiger partial charge in [0.2, 0.25) is 28.9 Å². The second kappa shape index (κ2) is 7.12. The number of nitrogens with one attached hydrogen (secondary N) is 1. The Morgan fingerprint density at radius 3 is 2.68 bits per heavy atom. The van der Waals surface area contributed by atoms with Crippen molar-refractivity contribution in [3.05, 3.63) is 17.4 Å². The molecule has 7 aliphatic heterocycles. The summed E-state index contributed by atoms with van der Waals surface area (Å²) in [5.74, 6) is 3.05. The van der Waals surface area contributed by atoms with Gasteiger partial charge in [-0.3, -0.25) is 0 Å². The number of anilines is 1. The Morgan fingerprint density at radius 2 is 1.76 bits per heavy atom. The monoisotopic (exact) mass is 524 g/mol. The molecule has 0 aromatic carbocycles. The maximum Gasteiger partial charge on any atom is 0.263 e. The molecular formula is C19H8N16O2S. The molecule has 3 unspecified atom stereocenters. The minimum atomic E-state index is -0.886. The summed E-state index contributed by atoms with van der Waals surface area (Å²) in [4.78, 5) is 50.3. The third-order valence-corrected chi connectivity index (χ3v) is 7.15. The molecule has 0 aliphatic carbocycles. The summed E-state index contributed by atoms with van der Waals surface area (Å²) in [7, 11) is 0. The summed E-state index contributed by atoms with van der Waals surface area (Å²) in [5, 5.41) is 20.8. The SMILES string of the molecule is C1=NC2=NC(C3C(C4N=C5N=CN=C5S4)=C(C4N=C5N=CN=C5O4)ON3c3cc4n[nH]nc4nn3)=NC2=N1. The van der Waals surface area contributed by atoms with E-state index in [0.717, 1.165) is 0 Å². The smallest absolute Gasteiger partial charge is 0.263 e. The van der Waals surface area contributed by atoms with Crippen LogP contribution in [0.15, 0.2) is 67.3 Å². The Morgan fingerprint density at radius 1 is 0.868 bits per heavy atom. The van der Waals surface area contributed by atoms with Gasteiger partial charge in [-0.05, 0) is 0 Å². The summed E-state index contributed by atoms with van der Waals surface area (Å²) in [6.07, 6.45) is 3.37. The third-order valence-electron chi connectivity index (χ3n) is 6.06. The van der Waals surface area contributed by atoms with Crippen LogP contribution in [0.25, 0.3) is 11.2 Å². The molecule has 3 atom stereocenters. The van der Waals surface area contributed by atoms with Crippen molar-refractivity contribution in [3.8, 4) is 0 Å². The number of hydrogen-bond donors (Lipinski definition) is 1. The zero-order valence-corrected chi connectivity index (χ0v) is 19.3. The van der Waals surface area contributed by atoms with Crippen molar-refractivity contribution in [2.45, 2.75) is 17.6 Å². The molecule has 2 aromatic heterocycles. The number of ether oxygens (including phenoxy) is 1. The lowest BCUT2D eigenvalue weighted by Crippen LogP contribution is -2.39. The van der Waals surface area contributed by atoms with Crippen LogP contribution in [-0.2, 0) is 9.57 Å². The van der Waals surface area contributed by atoms with Gasteiger partial charge in [-0.2, -0.15) is 20.4 Å². The molecule has 0 saturated heterocycles. The van der Waals surface area contributed by atoms with Crippen LogP contribution in [0.3, 0.4) is 0 Å². The van der Waals surface area contributed by atoms with Crippen LogP contribution in [0.2, 0.25) is 0 Å². The third kappa shape index (κ3) is 2.72. The van der Waals surface area contributed by atoms with E-state index in [2.05, 4.69) is 70.5 Å². The molecule has 38 heavy (non-hydrogen) atoms. The highest BCUT2D eigenvalue weighted by atomic mass is 32.2. The molecule has 9 rings (SSSR count). The van der Waals surface area contributed by atoms with Gasteiger partial charge in [0.15, 0.2) is 23.5 Å². The van der Waals surface area contributed by atoms with Crippen molar-refractivity contribution in [1.82, 2.24) is 25.6 Å². The Labute approximate surface area is 213 Å². The molecule has 0 spiro atoms. The van der Waals surface area contributed by atoms with Gasteiger partial charge in [-0.15, -0.1) is 15.3 Å². The molecular weight excluding hydrogens is 516 g/mol. The molecule has 0 bridgehead atoms. The highest BCUT2D eigenvalue weighted by Crippen LogP contribution is 2.44. The van der Waals surface area contributed by atoms with Gasteiger partial charge in [-0.25, -0.2) is 44.9 Å². The molecule has 9 heterocycles. The fourth-order valence-corrected chi connectivity index (χ4v) is 5.50. The summed E-state index contributed by atoms with van der Waals surface area (Å²) >= 11 is 1.41. The fourth-order valence-electron chi connectivity index (χ4n) is 4.45. The summed E-state index contributed by atoms with van der Waals surface area (Å²) < 4.78 is 5.99. The van der Waals surface area contributed by atoms with Gasteiger partial charge < -0.3 is 9.57 Å². The zero-order valence-electron chi connectivity index (χ0n) is 18.5. The first kappa shape index (κ1) is 19.8. The molecule has 0 fully saturated rings. The predicted octanol–water partition coefficient (Wildman–Crippen LogP) is -0.520. The summed E-state index contributed by atoms with van der Waals surface area (Å²) in [5.41, 5.74) is 1.50. The Bertz CT molecular complexity index is 1840. The summed E-state index contributed by atoms with van der Waals surface area (Å²) in [6.45, 7) is 0. The Kier molecular flexibility index (Phi) is 3.71. The van der Waals surface area contributed by atoms with Crippen molar-refractivity contribution in [2.24, 2.45) is 49.9 Å². The first-order valence-corrected chi connectivity index (χ1v) is 11.9. The van der Waals surface area contributed by atoms with Crippen molar-refractivity contribution >= 4 is 87.9 Å². The maximum atomic E-state index is 6.44. The highest BCUT2D eigenvalue weighted by Gasteiger charge is 2.51. The lowest BCUT2D eigenvalue weighted by molar-refractivity contribution is 0.121. The fraction of sp³-hybridized carbons (Fsp3) is 0.158. The second-order valence-corrected chi connectivity index (χ2v) is 9.25. The predicted molar refractivity (Wildman–Crippen MR) is 138 cm³/mol. The van der Waals surface area contributed by atoms with E-state index < -0.39 is 17.6 Å². The number of hydrogen-bond acceptors (Lipinski definition) is 18. The van der Waals surface area contributed by atoms with Gasteiger partial charge in [0.1, 0.15) is 34.9 Å². The standard InChI is InChI=1S/C19H8N16O2S/c1-5-10(33-34-30-5)32-31-6(1)35-8(11-26-12-13(27-11)21-2-20-12)7(18-29-15-19(38-18)25-4-23-15)9(37-35)16-28-14-17(36-16)24-3-22-14/h1-4,8,16,18H,(H,30,32,33,34). The van der Waals surface area contributed by atoms with Gasteiger partial charge in [0, 0.05) is 11.6 Å². The molecule has 18 nitrogen and oxygen atoms in total. The van der Waals surface area contributed by atoms with Gasteiger partial charge >= 0.3 is 0 Å². The molecule has 0 radical (unpaired) electrons. The number of aromatic nitrogens is 5. The van der Waals surface area contributed by atoms with Crippen molar-refractivity contribution in [2.75, 3.05) is 5.06 Å². The van der Waals surface area contributed by atoms with Crippen LogP contribution < -0.4 is 5.06 Å². The van der Waals surface area contributed by atoms with Crippen LogP contribution >= 0.6 is 11.8 Å². The number of aliphatic imine (C=N–C) groups is 10. The van der Waals surface area contributed by atoms with Crippen molar-refractivity contribution in [3.63, 3.8) is 0 Å². The topological polar surface area (TPSA) is 213 Å². The van der Waals surface area contributed by atoms with E-state index in [1.54, 1.807) is 6.07 Å². The number of fused-ring (bicyclic) bond motifs is 4. The normalized spacial score (nSPS) is 27.6. The quantitative estimate of drug-likeness (QED) is 0.548. The number of hydroxylamine groups is 1. The Balaban J connectivity index is 1.23. The zero-order chi connectivity index (χ0) is 24.8. The number of amidine groups is 5. The molecule has 19 heteroatoms. The average Bonchev–Trinajstić information content (AvgIpc) is 3.74. The van der Waals surface area contributed by atoms with E-state index >= 15 is 0 Å². The van der Waals surface area contributed by atoms with E-state index in [-0.39, 0.29) is 0 Å². The van der Waals surface area contributed by atoms with E-state index in [1.165, 1.54) is 35.8 Å². The van der Waals surface area contributed by atoms with Gasteiger partial charge in [-0.1, -0.05) is 11.8 Å². The van der Waals surface area contributed by atoms with Crippen LogP contribution in [-0.4, -0.2) is 102 Å². The van der Waals surface area contributed by atoms with Crippen LogP contribution in [0.4, 0.5) is 5.82 Å². The lowest BCUT2D eigenvalue weighted by atomic mass is 10.0. The minimum Gasteiger partial charge on any atom is -0.441 e. The molecule has 0 saturated carbocycles. The van der Waals surface area contributed by atoms with E-state index in [4.69, 9.17) is 14.6 Å². The Hall–Kier alpha value is -5.33. The van der Waals surface area contributed by atoms with Gasteiger partial charge in [0.05, 0.1) is 0 Å². The van der Waals surface area contributed by atoms with Crippen LogP contribution in [0, 0.1) is 0 Å². The number of aromatic amines is 1. The number of H-pyrrole nitrogens is 1. The van der Waals surface area contributed by atoms with Crippen molar-refractivity contribution < 1.29 is 9.57 Å². The maximum absolute atomic E-state index is 6.44. The molecule has 7 aliphatic rings. The lowest BCUT2D eigenvalue weighted by Gasteiger charge is -2.24. The molecule has 182 valence electrons. The summed E-state index contributed by atoms with van der Waals surface area (Å²) in [6, 6.07) is 0.944. The first-order chi connectivity index (χ1) is 18.8. The minimum absolute atomic E-state index is 0.303. The van der Waals surface area contributed by atoms with Crippen LogP contribution in [0.1, 0.15) is 0 Å². The highest BCUT2D eigenvalue weighted by molar-refractivity contribution is 8.17. The first-order valence-electron chi connectivity index (χ1n) is 11.0. The van der Waals surface area contributed by atoms with Crippen LogP contribution in [0.5, 0.6) is 0 Å². The average molecular weight is 524 g/mol. The van der Waals surface area contributed by atoms with E-state index in [0.29, 0.717) is 68.4 Å². The number of nitrogens with zero attached hydrogens (tertiary/aromatic N) is 15. The van der Waals surface area contributed by atoms with E-state index in [1.807, 2.05) is 0 Å². The largest absolute Gasteiger partial charge is 0.441 e. The second-order valence-electron chi connectivity index (χ2n) is 8.18. The molecule has 1 N–H and O–H groups in total. The number of rotatable bonds is 4. The molecule has 2 aromatic rings. The molecule has 0 amide bonds.